The average molecular weight is 355 g/mol. The van der Waals surface area contributed by atoms with Crippen molar-refractivity contribution in [2.75, 3.05) is 27.3 Å². The Morgan fingerprint density at radius 3 is 2.54 bits per heavy atom. The van der Waals surface area contributed by atoms with Crippen molar-refractivity contribution >= 4 is 15.9 Å². The van der Waals surface area contributed by atoms with E-state index in [0.29, 0.717) is 31.6 Å². The molecule has 0 spiro atoms. The van der Waals surface area contributed by atoms with Crippen LogP contribution in [0.25, 0.3) is 0 Å². The van der Waals surface area contributed by atoms with Crippen LogP contribution in [0.1, 0.15) is 31.4 Å². The molecule has 1 atom stereocenters. The second kappa shape index (κ2) is 7.18. The SMILES string of the molecule is CC(NC(=O)C1(N)CCOCC1)c1cccc(S(=O)(=O)N(C)C)c1. The number of nitrogens with two attached hydrogens (primary N) is 1. The second-order valence-corrected chi connectivity index (χ2v) is 8.48. The van der Waals surface area contributed by atoms with Crippen LogP contribution in [0.5, 0.6) is 0 Å². The monoisotopic (exact) mass is 355 g/mol. The number of sulfonamides is 1. The molecule has 0 saturated carbocycles. The predicted molar refractivity (Wildman–Crippen MR) is 90.8 cm³/mol. The number of hydrogen-bond donors (Lipinski definition) is 2. The molecular formula is C16H25N3O4S. The summed E-state index contributed by atoms with van der Waals surface area (Å²) in [6.07, 6.45) is 0.946. The summed E-state index contributed by atoms with van der Waals surface area (Å²) in [4.78, 5) is 12.7. The first-order valence-corrected chi connectivity index (χ1v) is 9.31. The fraction of sp³-hybridized carbons (Fsp3) is 0.562. The number of carbonyl (C=O) groups excluding carboxylic acids is 1. The first-order valence-electron chi connectivity index (χ1n) is 7.87. The van der Waals surface area contributed by atoms with Crippen molar-refractivity contribution in [3.05, 3.63) is 29.8 Å². The maximum atomic E-state index is 12.5. The predicted octanol–water partition coefficient (Wildman–Crippen LogP) is 0.622. The topological polar surface area (TPSA) is 102 Å². The van der Waals surface area contributed by atoms with Crippen LogP contribution in [-0.4, -0.2) is 51.5 Å². The smallest absolute Gasteiger partial charge is 0.242 e. The maximum absolute atomic E-state index is 12.5. The Hall–Kier alpha value is -1.48. The van der Waals surface area contributed by atoms with Crippen LogP contribution < -0.4 is 11.1 Å². The molecule has 134 valence electrons. The number of hydrogen-bond acceptors (Lipinski definition) is 5. The number of nitrogens with one attached hydrogen (secondary N) is 1. The van der Waals surface area contributed by atoms with Gasteiger partial charge in [0.05, 0.1) is 16.5 Å². The summed E-state index contributed by atoms with van der Waals surface area (Å²) in [5.74, 6) is -0.237. The van der Waals surface area contributed by atoms with Gasteiger partial charge in [0.25, 0.3) is 0 Å². The first kappa shape index (κ1) is 18.9. The Balaban J connectivity index is 2.16. The van der Waals surface area contributed by atoms with E-state index in [-0.39, 0.29) is 16.8 Å². The molecule has 0 aliphatic carbocycles. The molecule has 3 N–H and O–H groups in total. The van der Waals surface area contributed by atoms with Gasteiger partial charge in [0.15, 0.2) is 0 Å². The standard InChI is InChI=1S/C16H25N3O4S/c1-12(18-15(20)16(17)7-9-23-10-8-16)13-5-4-6-14(11-13)24(21,22)19(2)3/h4-6,11-12H,7-10,17H2,1-3H3,(H,18,20). The highest BCUT2D eigenvalue weighted by Gasteiger charge is 2.36. The average Bonchev–Trinajstić information content (AvgIpc) is 2.55. The van der Waals surface area contributed by atoms with Gasteiger partial charge in [-0.2, -0.15) is 0 Å². The summed E-state index contributed by atoms with van der Waals surface area (Å²) >= 11 is 0. The lowest BCUT2D eigenvalue weighted by Gasteiger charge is -2.33. The van der Waals surface area contributed by atoms with Crippen LogP contribution >= 0.6 is 0 Å². The van der Waals surface area contributed by atoms with E-state index >= 15 is 0 Å². The van der Waals surface area contributed by atoms with Crippen LogP contribution in [-0.2, 0) is 19.6 Å². The Bertz CT molecular complexity index is 697. The van der Waals surface area contributed by atoms with Crippen molar-refractivity contribution in [1.29, 1.82) is 0 Å². The lowest BCUT2D eigenvalue weighted by atomic mass is 9.90. The highest BCUT2D eigenvalue weighted by molar-refractivity contribution is 7.89. The summed E-state index contributed by atoms with van der Waals surface area (Å²) < 4.78 is 30.9. The quantitative estimate of drug-likeness (QED) is 0.806. The number of ether oxygens (including phenoxy) is 1. The summed E-state index contributed by atoms with van der Waals surface area (Å²) in [5, 5.41) is 2.89. The zero-order valence-electron chi connectivity index (χ0n) is 14.3. The van der Waals surface area contributed by atoms with Crippen molar-refractivity contribution in [3.8, 4) is 0 Å². The van der Waals surface area contributed by atoms with Gasteiger partial charge >= 0.3 is 0 Å². The molecule has 7 nitrogen and oxygen atoms in total. The van der Waals surface area contributed by atoms with Gasteiger partial charge in [-0.15, -0.1) is 0 Å². The van der Waals surface area contributed by atoms with Crippen molar-refractivity contribution < 1.29 is 17.9 Å². The molecule has 1 heterocycles. The van der Waals surface area contributed by atoms with Crippen LogP contribution in [0.15, 0.2) is 29.2 Å². The van der Waals surface area contributed by atoms with Crippen molar-refractivity contribution in [2.45, 2.75) is 36.2 Å². The lowest BCUT2D eigenvalue weighted by Crippen LogP contribution is -2.57. The summed E-state index contributed by atoms with van der Waals surface area (Å²) in [5.41, 5.74) is 5.95. The summed E-state index contributed by atoms with van der Waals surface area (Å²) in [7, 11) is -0.549. The van der Waals surface area contributed by atoms with E-state index in [9.17, 15) is 13.2 Å². The van der Waals surface area contributed by atoms with Gasteiger partial charge in [-0.25, -0.2) is 12.7 Å². The molecule has 24 heavy (non-hydrogen) atoms. The fourth-order valence-electron chi connectivity index (χ4n) is 2.54. The highest BCUT2D eigenvalue weighted by atomic mass is 32.2. The zero-order chi connectivity index (χ0) is 18.0. The van der Waals surface area contributed by atoms with E-state index in [0.717, 1.165) is 4.31 Å². The largest absolute Gasteiger partial charge is 0.381 e. The van der Waals surface area contributed by atoms with Gasteiger partial charge in [0.2, 0.25) is 15.9 Å². The molecule has 0 aromatic heterocycles. The van der Waals surface area contributed by atoms with Gasteiger partial charge in [-0.1, -0.05) is 12.1 Å². The van der Waals surface area contributed by atoms with E-state index in [1.165, 1.54) is 20.2 Å². The molecule has 0 radical (unpaired) electrons. The number of amides is 1. The first-order chi connectivity index (χ1) is 11.2. The van der Waals surface area contributed by atoms with E-state index in [1.807, 2.05) is 6.92 Å². The van der Waals surface area contributed by atoms with Crippen molar-refractivity contribution in [1.82, 2.24) is 9.62 Å². The van der Waals surface area contributed by atoms with Crippen LogP contribution in [0, 0.1) is 0 Å². The van der Waals surface area contributed by atoms with Crippen LogP contribution in [0.3, 0.4) is 0 Å². The molecule has 2 rings (SSSR count). The highest BCUT2D eigenvalue weighted by Crippen LogP contribution is 2.22. The van der Waals surface area contributed by atoms with E-state index < -0.39 is 15.6 Å². The van der Waals surface area contributed by atoms with Crippen molar-refractivity contribution in [2.24, 2.45) is 5.73 Å². The van der Waals surface area contributed by atoms with E-state index in [1.54, 1.807) is 18.2 Å². The maximum Gasteiger partial charge on any atom is 0.242 e. The number of benzene rings is 1. The molecule has 1 saturated heterocycles. The molecule has 8 heteroatoms. The van der Waals surface area contributed by atoms with Gasteiger partial charge in [0.1, 0.15) is 0 Å². The second-order valence-electron chi connectivity index (χ2n) is 6.32. The minimum atomic E-state index is -3.51. The third kappa shape index (κ3) is 3.94. The molecule has 1 aromatic carbocycles. The van der Waals surface area contributed by atoms with Crippen molar-refractivity contribution in [3.63, 3.8) is 0 Å². The van der Waals surface area contributed by atoms with Crippen LogP contribution in [0.2, 0.25) is 0 Å². The Kier molecular flexibility index (Phi) is 5.64. The molecule has 1 aliphatic heterocycles. The van der Waals surface area contributed by atoms with E-state index in [2.05, 4.69) is 5.32 Å². The van der Waals surface area contributed by atoms with Gasteiger partial charge in [0, 0.05) is 27.3 Å². The summed E-state index contributed by atoms with van der Waals surface area (Å²) in [6, 6.07) is 6.22. The summed E-state index contributed by atoms with van der Waals surface area (Å²) in [6.45, 7) is 2.74. The minimum absolute atomic E-state index is 0.194. The molecule has 1 amide bonds. The molecule has 1 aromatic rings. The molecule has 1 unspecified atom stereocenters. The van der Waals surface area contributed by atoms with Gasteiger partial charge < -0.3 is 15.8 Å². The minimum Gasteiger partial charge on any atom is -0.381 e. The Labute approximate surface area is 143 Å². The molecule has 0 bridgehead atoms. The Morgan fingerprint density at radius 1 is 1.33 bits per heavy atom. The fourth-order valence-corrected chi connectivity index (χ4v) is 3.50. The third-order valence-electron chi connectivity index (χ3n) is 4.32. The normalized spacial score (nSPS) is 19.0. The van der Waals surface area contributed by atoms with Gasteiger partial charge in [-0.05, 0) is 37.5 Å². The Morgan fingerprint density at radius 2 is 1.96 bits per heavy atom. The number of rotatable bonds is 5. The molecule has 1 aliphatic rings. The number of nitrogens with zero attached hydrogens (tertiary/aromatic N) is 1. The molecular weight excluding hydrogens is 330 g/mol. The van der Waals surface area contributed by atoms with Gasteiger partial charge in [-0.3, -0.25) is 4.79 Å². The molecule has 1 fully saturated rings. The lowest BCUT2D eigenvalue weighted by molar-refractivity contribution is -0.130. The third-order valence-corrected chi connectivity index (χ3v) is 6.13. The van der Waals surface area contributed by atoms with Crippen LogP contribution in [0.4, 0.5) is 0 Å². The number of carbonyl (C=O) groups is 1. The zero-order valence-corrected chi connectivity index (χ0v) is 15.1. The van der Waals surface area contributed by atoms with E-state index in [4.69, 9.17) is 10.5 Å².